The van der Waals surface area contributed by atoms with Crippen LogP contribution in [0.25, 0.3) is 22.4 Å². The third kappa shape index (κ3) is 8.58. The molecule has 5 amide bonds. The third-order valence-corrected chi connectivity index (χ3v) is 12.0. The van der Waals surface area contributed by atoms with Gasteiger partial charge in [0.2, 0.25) is 5.91 Å². The molecule has 58 heavy (non-hydrogen) atoms. The van der Waals surface area contributed by atoms with Gasteiger partial charge in [0.05, 0.1) is 61.9 Å². The van der Waals surface area contributed by atoms with Crippen molar-refractivity contribution in [2.75, 3.05) is 78.3 Å². The second kappa shape index (κ2) is 16.9. The van der Waals surface area contributed by atoms with Gasteiger partial charge in [-0.3, -0.25) is 19.1 Å². The number of benzene rings is 2. The van der Waals surface area contributed by atoms with E-state index in [1.807, 2.05) is 4.90 Å². The van der Waals surface area contributed by atoms with Crippen LogP contribution in [0.5, 0.6) is 0 Å². The number of carbonyl (C=O) groups excluding carboxylic acids is 4. The number of imidazole rings is 1. The Morgan fingerprint density at radius 2 is 1.53 bits per heavy atom. The van der Waals surface area contributed by atoms with Crippen LogP contribution in [-0.2, 0) is 18.4 Å². The van der Waals surface area contributed by atoms with E-state index in [1.165, 1.54) is 36.0 Å². The molecular weight excluding hydrogens is 770 g/mol. The molecule has 2 aromatic heterocycles. The van der Waals surface area contributed by atoms with E-state index in [2.05, 4.69) is 34.8 Å². The Bertz CT molecular complexity index is 2220. The number of nitrogens with one attached hydrogen (secondary N) is 2. The van der Waals surface area contributed by atoms with Crippen molar-refractivity contribution >= 4 is 41.0 Å². The first-order valence-corrected chi connectivity index (χ1v) is 20.2. The minimum absolute atomic E-state index is 0.0285. The molecule has 17 heteroatoms. The molecule has 0 aliphatic carbocycles. The number of amides is 5. The average Bonchev–Trinajstić information content (AvgIpc) is 3.96. The standard InChI is InChI=1S/C41H49ClF2N10O4/c1-26-32(25-53(48-26)16-13-45-41(58)52-14-5-6-15-52)29-9-10-31(36(44)35(29)43)34-24-46-37(49(34)2)38(55)47-28-7-8-30(33(42)23-28)40(57)51-19-17-50(18-20-51)39(56)27-11-21-54(3,4)22-12-27/h7-10,23-25,27H,5-6,11-22H2,1-4H3,(H-,45,47,55,57,58)/p+1. The molecule has 7 rings (SSSR count). The molecule has 4 aromatic rings. The molecule has 3 aliphatic rings. The third-order valence-electron chi connectivity index (χ3n) is 11.6. The van der Waals surface area contributed by atoms with Crippen LogP contribution < -0.4 is 10.6 Å². The summed E-state index contributed by atoms with van der Waals surface area (Å²) in [7, 11) is 5.89. The average molecular weight is 820 g/mol. The molecule has 0 atom stereocenters. The van der Waals surface area contributed by atoms with Gasteiger partial charge in [-0.25, -0.2) is 18.6 Å². The Kier molecular flexibility index (Phi) is 11.9. The van der Waals surface area contributed by atoms with E-state index in [4.69, 9.17) is 11.6 Å². The second-order valence-corrected chi connectivity index (χ2v) is 16.5. The van der Waals surface area contributed by atoms with Gasteiger partial charge in [0, 0.05) is 100 Å². The summed E-state index contributed by atoms with van der Waals surface area (Å²) in [5, 5.41) is 10.2. The molecule has 2 N–H and O–H groups in total. The zero-order valence-corrected chi connectivity index (χ0v) is 34.1. The lowest BCUT2D eigenvalue weighted by molar-refractivity contribution is -0.895. The van der Waals surface area contributed by atoms with Gasteiger partial charge in [-0.2, -0.15) is 5.10 Å². The highest BCUT2D eigenvalue weighted by Gasteiger charge is 2.35. The summed E-state index contributed by atoms with van der Waals surface area (Å²) in [6, 6.07) is 7.36. The smallest absolute Gasteiger partial charge is 0.317 e. The van der Waals surface area contributed by atoms with Crippen LogP contribution in [0.15, 0.2) is 42.7 Å². The van der Waals surface area contributed by atoms with Gasteiger partial charge < -0.3 is 34.4 Å². The molecule has 3 saturated heterocycles. The molecular formula is C41H50ClF2N10O4+. The fourth-order valence-corrected chi connectivity index (χ4v) is 8.32. The number of likely N-dealkylation sites (tertiary alicyclic amines) is 2. The van der Waals surface area contributed by atoms with Gasteiger partial charge in [-0.05, 0) is 44.0 Å². The Balaban J connectivity index is 0.956. The monoisotopic (exact) mass is 819 g/mol. The van der Waals surface area contributed by atoms with Crippen LogP contribution in [0.3, 0.4) is 0 Å². The molecule has 5 heterocycles. The van der Waals surface area contributed by atoms with Gasteiger partial charge in [-0.1, -0.05) is 17.7 Å². The number of anilines is 1. The number of aryl methyl sites for hydroxylation is 1. The largest absolute Gasteiger partial charge is 0.339 e. The summed E-state index contributed by atoms with van der Waals surface area (Å²) in [6.07, 6.45) is 6.65. The molecule has 0 bridgehead atoms. The number of aromatic nitrogens is 4. The second-order valence-electron chi connectivity index (χ2n) is 16.1. The van der Waals surface area contributed by atoms with Crippen molar-refractivity contribution in [2.45, 2.75) is 39.2 Å². The summed E-state index contributed by atoms with van der Waals surface area (Å²) >= 11 is 6.56. The molecule has 0 unspecified atom stereocenters. The van der Waals surface area contributed by atoms with E-state index in [9.17, 15) is 19.2 Å². The molecule has 3 fully saturated rings. The van der Waals surface area contributed by atoms with Gasteiger partial charge in [-0.15, -0.1) is 0 Å². The number of rotatable bonds is 9. The molecule has 3 aliphatic heterocycles. The van der Waals surface area contributed by atoms with Gasteiger partial charge >= 0.3 is 6.03 Å². The number of quaternary nitrogens is 1. The number of piperidine rings is 1. The van der Waals surface area contributed by atoms with E-state index in [1.54, 1.807) is 39.7 Å². The Labute approximate surface area is 341 Å². The van der Waals surface area contributed by atoms with Gasteiger partial charge in [0.15, 0.2) is 17.5 Å². The first-order valence-electron chi connectivity index (χ1n) is 19.8. The number of piperazine rings is 1. The van der Waals surface area contributed by atoms with E-state index in [0.29, 0.717) is 56.2 Å². The lowest BCUT2D eigenvalue weighted by Gasteiger charge is -2.40. The Hall–Kier alpha value is -5.35. The van der Waals surface area contributed by atoms with Crippen molar-refractivity contribution in [2.24, 2.45) is 13.0 Å². The van der Waals surface area contributed by atoms with Crippen molar-refractivity contribution < 1.29 is 32.4 Å². The predicted molar refractivity (Wildman–Crippen MR) is 215 cm³/mol. The summed E-state index contributed by atoms with van der Waals surface area (Å²) in [5.74, 6) is -2.92. The quantitative estimate of drug-likeness (QED) is 0.228. The topological polar surface area (TPSA) is 138 Å². The van der Waals surface area contributed by atoms with Crippen LogP contribution in [0.1, 0.15) is 52.4 Å². The molecule has 308 valence electrons. The highest BCUT2D eigenvalue weighted by Crippen LogP contribution is 2.33. The number of halogens is 3. The number of hydrogen-bond donors (Lipinski definition) is 2. The van der Waals surface area contributed by atoms with Crippen LogP contribution in [0.2, 0.25) is 5.02 Å². The number of nitrogens with zero attached hydrogens (tertiary/aromatic N) is 8. The molecule has 0 radical (unpaired) electrons. The molecule has 2 aromatic carbocycles. The fraction of sp³-hybridized carbons (Fsp3) is 0.463. The maximum absolute atomic E-state index is 15.7. The van der Waals surface area contributed by atoms with E-state index in [-0.39, 0.29) is 57.0 Å². The van der Waals surface area contributed by atoms with Crippen LogP contribution >= 0.6 is 11.6 Å². The van der Waals surface area contributed by atoms with Crippen molar-refractivity contribution in [1.82, 2.24) is 39.3 Å². The van der Waals surface area contributed by atoms with Crippen molar-refractivity contribution in [3.05, 3.63) is 76.5 Å². The van der Waals surface area contributed by atoms with Crippen LogP contribution in [-0.4, -0.2) is 135 Å². The van der Waals surface area contributed by atoms with E-state index in [0.717, 1.165) is 56.3 Å². The minimum Gasteiger partial charge on any atom is -0.339 e. The molecule has 0 spiro atoms. The van der Waals surface area contributed by atoms with Crippen molar-refractivity contribution in [1.29, 1.82) is 0 Å². The summed E-state index contributed by atoms with van der Waals surface area (Å²) in [6.45, 7) is 7.55. The van der Waals surface area contributed by atoms with E-state index >= 15 is 8.78 Å². The maximum atomic E-state index is 15.7. The van der Waals surface area contributed by atoms with E-state index < -0.39 is 17.5 Å². The number of hydrogen-bond acceptors (Lipinski definition) is 6. The van der Waals surface area contributed by atoms with Crippen molar-refractivity contribution in [3.8, 4) is 22.4 Å². The first kappa shape index (κ1) is 40.8. The van der Waals surface area contributed by atoms with Crippen LogP contribution in [0.4, 0.5) is 19.3 Å². The highest BCUT2D eigenvalue weighted by atomic mass is 35.5. The maximum Gasteiger partial charge on any atom is 0.317 e. The van der Waals surface area contributed by atoms with Gasteiger partial charge in [0.1, 0.15) is 0 Å². The summed E-state index contributed by atoms with van der Waals surface area (Å²) in [5.41, 5.74) is 1.62. The zero-order chi connectivity index (χ0) is 41.3. The van der Waals surface area contributed by atoms with Gasteiger partial charge in [0.25, 0.3) is 11.8 Å². The number of carbonyl (C=O) groups is 4. The summed E-state index contributed by atoms with van der Waals surface area (Å²) in [4.78, 5) is 61.8. The number of urea groups is 1. The molecule has 14 nitrogen and oxygen atoms in total. The first-order chi connectivity index (χ1) is 27.7. The SMILES string of the molecule is Cc1nn(CCNC(=O)N2CCCC2)cc1-c1ccc(-c2cnc(C(=O)Nc3ccc(C(=O)N4CCN(C(=O)C5CC[N+](C)(C)CC5)CC4)c(Cl)c3)n2C)c(F)c1F. The zero-order valence-electron chi connectivity index (χ0n) is 33.4. The normalized spacial score (nSPS) is 17.1. The lowest BCUT2D eigenvalue weighted by atomic mass is 9.94. The van der Waals surface area contributed by atoms with Crippen LogP contribution in [0, 0.1) is 24.5 Å². The molecule has 0 saturated carbocycles. The summed E-state index contributed by atoms with van der Waals surface area (Å²) < 4.78 is 35.3. The lowest BCUT2D eigenvalue weighted by Crippen LogP contribution is -2.54. The fourth-order valence-electron chi connectivity index (χ4n) is 8.06. The Morgan fingerprint density at radius 3 is 2.22 bits per heavy atom. The minimum atomic E-state index is -1.11. The predicted octanol–water partition coefficient (Wildman–Crippen LogP) is 5.02. The highest BCUT2D eigenvalue weighted by molar-refractivity contribution is 6.34. The Morgan fingerprint density at radius 1 is 0.879 bits per heavy atom. The van der Waals surface area contributed by atoms with Crippen molar-refractivity contribution in [3.63, 3.8) is 0 Å².